The Kier molecular flexibility index (Phi) is 5.83. The summed E-state index contributed by atoms with van der Waals surface area (Å²) < 4.78 is 20.9. The van der Waals surface area contributed by atoms with Crippen LogP contribution in [0.4, 0.5) is 4.39 Å². The molecule has 0 saturated carbocycles. The summed E-state index contributed by atoms with van der Waals surface area (Å²) in [4.78, 5) is 46.0. The third-order valence-corrected chi connectivity index (χ3v) is 5.32. The zero-order valence-corrected chi connectivity index (χ0v) is 17.1. The van der Waals surface area contributed by atoms with Crippen molar-refractivity contribution in [2.45, 2.75) is 24.1 Å². The van der Waals surface area contributed by atoms with Gasteiger partial charge >= 0.3 is 11.7 Å². The first kappa shape index (κ1) is 20.7. The molecule has 0 aliphatic heterocycles. The lowest BCUT2D eigenvalue weighted by Gasteiger charge is -2.14. The van der Waals surface area contributed by atoms with E-state index in [0.29, 0.717) is 5.56 Å². The molecule has 0 saturated heterocycles. The van der Waals surface area contributed by atoms with Gasteiger partial charge in [0.2, 0.25) is 0 Å². The van der Waals surface area contributed by atoms with Crippen LogP contribution in [0.1, 0.15) is 13.8 Å². The summed E-state index contributed by atoms with van der Waals surface area (Å²) in [6.07, 6.45) is 0. The van der Waals surface area contributed by atoms with Crippen LogP contribution in [0.25, 0.3) is 22.4 Å². The van der Waals surface area contributed by atoms with E-state index >= 15 is 0 Å². The number of fused-ring (bicyclic) bond motifs is 1. The van der Waals surface area contributed by atoms with E-state index in [-0.39, 0.29) is 28.5 Å². The Labute approximate surface area is 169 Å². The number of carbonyl (C=O) groups excluding carboxylic acids is 1. The maximum atomic E-state index is 13.7. The van der Waals surface area contributed by atoms with E-state index in [9.17, 15) is 18.8 Å². The van der Waals surface area contributed by atoms with Crippen molar-refractivity contribution in [1.29, 1.82) is 0 Å². The number of esters is 1. The van der Waals surface area contributed by atoms with Crippen LogP contribution in [0.3, 0.4) is 0 Å². The van der Waals surface area contributed by atoms with Gasteiger partial charge in [-0.3, -0.25) is 18.7 Å². The van der Waals surface area contributed by atoms with Crippen LogP contribution in [0, 0.1) is 5.82 Å². The molecule has 0 fully saturated rings. The van der Waals surface area contributed by atoms with Crippen LogP contribution in [-0.2, 0) is 23.6 Å². The van der Waals surface area contributed by atoms with E-state index in [2.05, 4.69) is 9.97 Å². The molecule has 0 radical (unpaired) electrons. The van der Waals surface area contributed by atoms with Gasteiger partial charge in [-0.15, -0.1) is 0 Å². The molecule has 0 spiro atoms. The number of hydrogen-bond acceptors (Lipinski definition) is 7. The van der Waals surface area contributed by atoms with Gasteiger partial charge in [0, 0.05) is 19.7 Å². The van der Waals surface area contributed by atoms with Crippen molar-refractivity contribution in [3.8, 4) is 11.4 Å². The molecular weight excluding hydrogens is 399 g/mol. The first-order valence-corrected chi connectivity index (χ1v) is 9.69. The van der Waals surface area contributed by atoms with E-state index in [4.69, 9.17) is 4.74 Å². The summed E-state index contributed by atoms with van der Waals surface area (Å²) in [5.74, 6) is -0.796. The number of hydrogen-bond donors (Lipinski definition) is 0. The molecule has 8 nitrogen and oxygen atoms in total. The lowest BCUT2D eigenvalue weighted by Crippen LogP contribution is -2.37. The largest absolute Gasteiger partial charge is 0.465 e. The van der Waals surface area contributed by atoms with Crippen LogP contribution < -0.4 is 11.2 Å². The Morgan fingerprint density at radius 3 is 2.62 bits per heavy atom. The van der Waals surface area contributed by atoms with Gasteiger partial charge in [-0.05, 0) is 26.0 Å². The fourth-order valence-electron chi connectivity index (χ4n) is 2.75. The summed E-state index contributed by atoms with van der Waals surface area (Å²) in [7, 11) is 2.84. The number of aryl methyl sites for hydroxylation is 1. The highest BCUT2D eigenvalue weighted by atomic mass is 32.2. The van der Waals surface area contributed by atoms with Gasteiger partial charge < -0.3 is 4.74 Å². The van der Waals surface area contributed by atoms with Crippen LogP contribution >= 0.6 is 11.8 Å². The molecule has 10 heteroatoms. The fraction of sp³-hybridized carbons (Fsp3) is 0.316. The molecule has 2 aromatic heterocycles. The lowest BCUT2D eigenvalue weighted by molar-refractivity contribution is -0.142. The number of aromatic nitrogens is 4. The number of halogens is 1. The van der Waals surface area contributed by atoms with E-state index in [1.165, 1.54) is 36.9 Å². The fourth-order valence-corrected chi connectivity index (χ4v) is 3.68. The molecular formula is C19H19FN4O4S. The van der Waals surface area contributed by atoms with Crippen LogP contribution in [-0.4, -0.2) is 36.9 Å². The van der Waals surface area contributed by atoms with Crippen LogP contribution in [0.5, 0.6) is 0 Å². The molecule has 1 aromatic carbocycles. The molecule has 3 aromatic rings. The van der Waals surface area contributed by atoms with E-state index < -0.39 is 28.3 Å². The lowest BCUT2D eigenvalue weighted by atomic mass is 10.2. The third-order valence-electron chi connectivity index (χ3n) is 4.26. The summed E-state index contributed by atoms with van der Waals surface area (Å²) in [6, 6.07) is 5.67. The van der Waals surface area contributed by atoms with Crippen LogP contribution in [0.15, 0.2) is 38.9 Å². The molecule has 29 heavy (non-hydrogen) atoms. The first-order valence-electron chi connectivity index (χ1n) is 8.81. The molecule has 0 aliphatic carbocycles. The van der Waals surface area contributed by atoms with Gasteiger partial charge in [-0.2, -0.15) is 0 Å². The maximum absolute atomic E-state index is 13.7. The molecule has 0 N–H and O–H groups in total. The molecule has 0 bridgehead atoms. The number of benzene rings is 1. The Balaban J connectivity index is 2.30. The molecule has 0 aliphatic rings. The van der Waals surface area contributed by atoms with E-state index in [1.54, 1.807) is 19.9 Å². The van der Waals surface area contributed by atoms with Crippen molar-refractivity contribution in [3.05, 3.63) is 50.9 Å². The molecule has 0 unspecified atom stereocenters. The number of nitrogens with zero attached hydrogens (tertiary/aromatic N) is 4. The average Bonchev–Trinajstić information content (AvgIpc) is 2.70. The van der Waals surface area contributed by atoms with Gasteiger partial charge in [0.15, 0.2) is 11.5 Å². The molecule has 0 amide bonds. The zero-order chi connectivity index (χ0) is 21.3. The number of thioether (sulfide) groups is 1. The Bertz CT molecular complexity index is 1220. The monoisotopic (exact) mass is 418 g/mol. The topological polar surface area (TPSA) is 96.1 Å². The van der Waals surface area contributed by atoms with Crippen molar-refractivity contribution in [2.75, 3.05) is 6.61 Å². The number of ether oxygens (including phenoxy) is 1. The molecule has 3 rings (SSSR count). The van der Waals surface area contributed by atoms with Crippen molar-refractivity contribution >= 4 is 28.8 Å². The highest BCUT2D eigenvalue weighted by Crippen LogP contribution is 2.29. The smallest absolute Gasteiger partial charge is 0.332 e. The molecule has 2 heterocycles. The predicted molar refractivity (Wildman–Crippen MR) is 107 cm³/mol. The van der Waals surface area contributed by atoms with Crippen molar-refractivity contribution in [3.63, 3.8) is 0 Å². The van der Waals surface area contributed by atoms with Gasteiger partial charge in [-0.25, -0.2) is 19.2 Å². The minimum Gasteiger partial charge on any atom is -0.465 e. The Morgan fingerprint density at radius 1 is 1.24 bits per heavy atom. The van der Waals surface area contributed by atoms with Crippen molar-refractivity contribution in [2.24, 2.45) is 14.1 Å². The Hall–Kier alpha value is -3.01. The summed E-state index contributed by atoms with van der Waals surface area (Å²) in [6.45, 7) is 3.55. The van der Waals surface area contributed by atoms with Crippen molar-refractivity contribution < 1.29 is 13.9 Å². The number of rotatable bonds is 5. The van der Waals surface area contributed by atoms with Crippen molar-refractivity contribution in [1.82, 2.24) is 19.1 Å². The highest BCUT2D eigenvalue weighted by molar-refractivity contribution is 8.00. The Morgan fingerprint density at radius 2 is 1.97 bits per heavy atom. The average molecular weight is 418 g/mol. The van der Waals surface area contributed by atoms with E-state index in [0.717, 1.165) is 16.3 Å². The normalized spacial score (nSPS) is 12.2. The predicted octanol–water partition coefficient (Wildman–Crippen LogP) is 1.88. The SMILES string of the molecule is CCOC(=O)[C@H](C)Sc1nc(-c2cccc(F)c2)nc2c1c(=O)n(C)c(=O)n2C. The minimum atomic E-state index is -0.657. The summed E-state index contributed by atoms with van der Waals surface area (Å²) in [5, 5.41) is -0.336. The standard InChI is InChI=1S/C19H19FN4O4S/c1-5-28-18(26)10(2)29-16-13-15(23(3)19(27)24(4)17(13)25)21-14(22-16)11-7-6-8-12(20)9-11/h6-10H,5H2,1-4H3/t10-/m0/s1. The molecule has 1 atom stereocenters. The van der Waals surface area contributed by atoms with Gasteiger partial charge in [0.1, 0.15) is 21.5 Å². The zero-order valence-electron chi connectivity index (χ0n) is 16.3. The second-order valence-corrected chi connectivity index (χ2v) is 7.61. The van der Waals surface area contributed by atoms with Crippen LogP contribution in [0.2, 0.25) is 0 Å². The quantitative estimate of drug-likeness (QED) is 0.355. The van der Waals surface area contributed by atoms with Gasteiger partial charge in [0.05, 0.1) is 6.61 Å². The second-order valence-electron chi connectivity index (χ2n) is 6.28. The third kappa shape index (κ3) is 3.93. The minimum absolute atomic E-state index is 0.103. The van der Waals surface area contributed by atoms with Gasteiger partial charge in [0.25, 0.3) is 5.56 Å². The highest BCUT2D eigenvalue weighted by Gasteiger charge is 2.23. The maximum Gasteiger partial charge on any atom is 0.332 e. The second kappa shape index (κ2) is 8.16. The molecule has 152 valence electrons. The van der Waals surface area contributed by atoms with E-state index in [1.807, 2.05) is 0 Å². The summed E-state index contributed by atoms with van der Waals surface area (Å²) >= 11 is 1.02. The first-order chi connectivity index (χ1) is 13.7. The number of carbonyl (C=O) groups is 1. The summed E-state index contributed by atoms with van der Waals surface area (Å²) in [5.41, 5.74) is -0.648. The van der Waals surface area contributed by atoms with Gasteiger partial charge in [-0.1, -0.05) is 23.9 Å².